The molecule has 7 aromatic rings. The fourth-order valence-electron chi connectivity index (χ4n) is 4.22. The SMILES string of the molecule is Cc1nn2c(-c3cc(-c4cc5ccccc5o4)n(-c4ccccc4)n3)nnc2s/c1=N/Nc1ccc(Cl)cc1. The van der Waals surface area contributed by atoms with E-state index >= 15 is 0 Å². The molecule has 190 valence electrons. The summed E-state index contributed by atoms with van der Waals surface area (Å²) in [6.45, 7) is 1.89. The molecule has 3 aromatic carbocycles. The number of hydrogen-bond donors (Lipinski definition) is 1. The van der Waals surface area contributed by atoms with Gasteiger partial charge in [0.15, 0.2) is 10.4 Å². The fraction of sp³-hybridized carbons (Fsp3) is 0.0357. The summed E-state index contributed by atoms with van der Waals surface area (Å²) >= 11 is 7.35. The summed E-state index contributed by atoms with van der Waals surface area (Å²) in [4.78, 5) is 0.590. The zero-order valence-corrected chi connectivity index (χ0v) is 22.1. The summed E-state index contributed by atoms with van der Waals surface area (Å²) in [6, 6.07) is 29.1. The van der Waals surface area contributed by atoms with Crippen LogP contribution >= 0.6 is 22.9 Å². The molecular weight excluding hydrogens is 532 g/mol. The summed E-state index contributed by atoms with van der Waals surface area (Å²) in [5.74, 6) is 1.22. The van der Waals surface area contributed by atoms with E-state index in [0.717, 1.165) is 33.7 Å². The lowest BCUT2D eigenvalue weighted by Gasteiger charge is -2.04. The lowest BCUT2D eigenvalue weighted by Crippen LogP contribution is -2.12. The van der Waals surface area contributed by atoms with Crippen molar-refractivity contribution < 1.29 is 4.42 Å². The number of nitrogens with zero attached hydrogens (tertiary/aromatic N) is 7. The quantitative estimate of drug-likeness (QED) is 0.251. The van der Waals surface area contributed by atoms with Crippen molar-refractivity contribution in [3.05, 3.63) is 106 Å². The zero-order chi connectivity index (χ0) is 26.3. The predicted octanol–water partition coefficient (Wildman–Crippen LogP) is 6.34. The molecule has 0 unspecified atom stereocenters. The van der Waals surface area contributed by atoms with Crippen LogP contribution in [-0.4, -0.2) is 29.6 Å². The van der Waals surface area contributed by atoms with Crippen molar-refractivity contribution in [3.63, 3.8) is 0 Å². The first-order valence-electron chi connectivity index (χ1n) is 12.1. The van der Waals surface area contributed by atoms with E-state index in [-0.39, 0.29) is 0 Å². The number of rotatable bonds is 5. The van der Waals surface area contributed by atoms with Crippen LogP contribution in [0.2, 0.25) is 5.02 Å². The summed E-state index contributed by atoms with van der Waals surface area (Å²) in [5.41, 5.74) is 7.70. The summed E-state index contributed by atoms with van der Waals surface area (Å²) in [5, 5.41) is 24.6. The Morgan fingerprint density at radius 3 is 2.51 bits per heavy atom. The van der Waals surface area contributed by atoms with Crippen molar-refractivity contribution in [3.8, 4) is 28.7 Å². The van der Waals surface area contributed by atoms with Crippen LogP contribution in [0.15, 0.2) is 101 Å². The van der Waals surface area contributed by atoms with Crippen LogP contribution in [0, 0.1) is 6.92 Å². The number of anilines is 1. The molecule has 0 atom stereocenters. The van der Waals surface area contributed by atoms with Crippen molar-refractivity contribution in [2.75, 3.05) is 5.43 Å². The molecule has 4 aromatic heterocycles. The van der Waals surface area contributed by atoms with E-state index in [0.29, 0.717) is 31.9 Å². The second kappa shape index (κ2) is 9.50. The Morgan fingerprint density at radius 2 is 1.69 bits per heavy atom. The van der Waals surface area contributed by atoms with E-state index in [1.807, 2.05) is 90.5 Å². The van der Waals surface area contributed by atoms with Crippen LogP contribution in [0.4, 0.5) is 5.69 Å². The highest BCUT2D eigenvalue weighted by atomic mass is 35.5. The van der Waals surface area contributed by atoms with Gasteiger partial charge in [-0.15, -0.1) is 10.2 Å². The topological polar surface area (TPSA) is 98.4 Å². The van der Waals surface area contributed by atoms with Gasteiger partial charge in [0, 0.05) is 10.4 Å². The molecule has 7 rings (SSSR count). The molecule has 0 fully saturated rings. The normalized spacial score (nSPS) is 12.0. The maximum absolute atomic E-state index is 6.20. The number of benzene rings is 3. The number of nitrogens with one attached hydrogen (secondary N) is 1. The first-order valence-corrected chi connectivity index (χ1v) is 13.3. The summed E-state index contributed by atoms with van der Waals surface area (Å²) in [6.07, 6.45) is 0. The Balaban J connectivity index is 1.32. The molecule has 1 N–H and O–H groups in total. The fourth-order valence-corrected chi connectivity index (χ4v) is 5.09. The molecule has 0 saturated carbocycles. The van der Waals surface area contributed by atoms with Gasteiger partial charge in [0.1, 0.15) is 17.0 Å². The Hall–Kier alpha value is -4.80. The van der Waals surface area contributed by atoms with Crippen LogP contribution in [0.5, 0.6) is 0 Å². The van der Waals surface area contributed by atoms with Gasteiger partial charge in [-0.25, -0.2) is 4.68 Å². The number of aromatic nitrogens is 6. The van der Waals surface area contributed by atoms with Crippen molar-refractivity contribution >= 4 is 44.6 Å². The Labute approximate surface area is 230 Å². The highest BCUT2D eigenvalue weighted by Crippen LogP contribution is 2.32. The van der Waals surface area contributed by atoms with E-state index < -0.39 is 0 Å². The van der Waals surface area contributed by atoms with Gasteiger partial charge in [0.2, 0.25) is 10.8 Å². The van der Waals surface area contributed by atoms with E-state index in [4.69, 9.17) is 26.2 Å². The number of hydrogen-bond acceptors (Lipinski definition) is 8. The van der Waals surface area contributed by atoms with Gasteiger partial charge >= 0.3 is 0 Å². The highest BCUT2D eigenvalue weighted by molar-refractivity contribution is 7.14. The van der Waals surface area contributed by atoms with Gasteiger partial charge in [0.25, 0.3) is 0 Å². The molecule has 9 nitrogen and oxygen atoms in total. The summed E-state index contributed by atoms with van der Waals surface area (Å²) < 4.78 is 10.4. The Kier molecular flexibility index (Phi) is 5.68. The van der Waals surface area contributed by atoms with E-state index in [1.165, 1.54) is 11.3 Å². The minimum atomic E-state index is 0.522. The molecule has 39 heavy (non-hydrogen) atoms. The average Bonchev–Trinajstić information content (AvgIpc) is 3.69. The number of furan rings is 1. The van der Waals surface area contributed by atoms with Crippen LogP contribution in [0.1, 0.15) is 5.69 Å². The highest BCUT2D eigenvalue weighted by Gasteiger charge is 2.20. The molecule has 11 heteroatoms. The first-order chi connectivity index (χ1) is 19.1. The number of fused-ring (bicyclic) bond motifs is 2. The monoisotopic (exact) mass is 550 g/mol. The molecule has 0 radical (unpaired) electrons. The molecule has 0 aliphatic heterocycles. The van der Waals surface area contributed by atoms with Crippen LogP contribution < -0.4 is 10.1 Å². The van der Waals surface area contributed by atoms with E-state index in [9.17, 15) is 0 Å². The molecule has 0 amide bonds. The van der Waals surface area contributed by atoms with Crippen LogP contribution in [-0.2, 0) is 0 Å². The van der Waals surface area contributed by atoms with Gasteiger partial charge < -0.3 is 4.42 Å². The molecule has 0 bridgehead atoms. The van der Waals surface area contributed by atoms with Gasteiger partial charge in [-0.3, -0.25) is 5.43 Å². The first kappa shape index (κ1) is 23.3. The third-order valence-electron chi connectivity index (χ3n) is 6.11. The standard InChI is InChI=1S/C28H19ClN8OS/c1-17-27(32-30-20-13-11-19(29)12-14-20)39-28-33-31-26(37(28)34-17)22-16-23(36(35-22)21-8-3-2-4-9-21)25-15-18-7-5-6-10-24(18)38-25/h2-16,30H,1H3/b32-27+. The number of para-hydroxylation sites is 2. The van der Waals surface area contributed by atoms with Crippen molar-refractivity contribution in [1.29, 1.82) is 0 Å². The lowest BCUT2D eigenvalue weighted by molar-refractivity contribution is 0.624. The molecule has 4 heterocycles. The predicted molar refractivity (Wildman–Crippen MR) is 152 cm³/mol. The Morgan fingerprint density at radius 1 is 0.897 bits per heavy atom. The smallest absolute Gasteiger partial charge is 0.235 e. The third kappa shape index (κ3) is 4.35. The van der Waals surface area contributed by atoms with Crippen molar-refractivity contribution in [2.24, 2.45) is 5.10 Å². The lowest BCUT2D eigenvalue weighted by atomic mass is 10.2. The maximum atomic E-state index is 6.20. The molecular formula is C28H19ClN8OS. The third-order valence-corrected chi connectivity index (χ3v) is 7.38. The van der Waals surface area contributed by atoms with Crippen molar-refractivity contribution in [2.45, 2.75) is 6.92 Å². The minimum Gasteiger partial charge on any atom is -0.454 e. The molecule has 0 saturated heterocycles. The van der Waals surface area contributed by atoms with Gasteiger partial charge in [0.05, 0.1) is 17.1 Å². The second-order valence-corrected chi connectivity index (χ2v) is 10.1. The van der Waals surface area contributed by atoms with Crippen molar-refractivity contribution in [1.82, 2.24) is 29.6 Å². The number of aryl methyl sites for hydroxylation is 1. The zero-order valence-electron chi connectivity index (χ0n) is 20.5. The van der Waals surface area contributed by atoms with Crippen LogP contribution in [0.3, 0.4) is 0 Å². The van der Waals surface area contributed by atoms with Crippen LogP contribution in [0.25, 0.3) is 44.6 Å². The van der Waals surface area contributed by atoms with E-state index in [1.54, 1.807) is 16.6 Å². The maximum Gasteiger partial charge on any atom is 0.235 e. The largest absolute Gasteiger partial charge is 0.454 e. The second-order valence-electron chi connectivity index (χ2n) is 8.75. The molecule has 0 aliphatic carbocycles. The summed E-state index contributed by atoms with van der Waals surface area (Å²) in [7, 11) is 0. The van der Waals surface area contributed by atoms with E-state index in [2.05, 4.69) is 20.7 Å². The molecule has 0 aliphatic rings. The Bertz CT molecular complexity index is 1990. The van der Waals surface area contributed by atoms with Gasteiger partial charge in [-0.1, -0.05) is 59.3 Å². The minimum absolute atomic E-state index is 0.522. The number of halogens is 1. The molecule has 0 spiro atoms. The van der Waals surface area contributed by atoms with Gasteiger partial charge in [-0.05, 0) is 61.5 Å². The average molecular weight is 551 g/mol. The van der Waals surface area contributed by atoms with Gasteiger partial charge in [-0.2, -0.15) is 19.8 Å².